The number of hydrogen-bond acceptors (Lipinski definition) is 3. The number of pyridine rings is 1. The van der Waals surface area contributed by atoms with Crippen LogP contribution in [0.5, 0.6) is 0 Å². The molecule has 1 aromatic heterocycles. The molecule has 0 amide bonds. The highest BCUT2D eigenvalue weighted by atomic mass is 28.4. The van der Waals surface area contributed by atoms with Gasteiger partial charge in [0.25, 0.3) is 0 Å². The van der Waals surface area contributed by atoms with E-state index in [1.54, 1.807) is 6.20 Å². The molecule has 0 aromatic carbocycles. The Labute approximate surface area is 111 Å². The number of unbranched alkanes of at least 4 members (excludes halogenated alkanes) is 1. The molecular weight excluding hydrogens is 242 g/mol. The summed E-state index contributed by atoms with van der Waals surface area (Å²) in [6.07, 6.45) is 10.1. The van der Waals surface area contributed by atoms with Crippen molar-refractivity contribution in [1.82, 2.24) is 4.98 Å². The molecule has 0 radical (unpaired) electrons. The number of allylic oxidation sites excluding steroid dienone is 1. The maximum absolute atomic E-state index is 5.86. The molecule has 0 aliphatic carbocycles. The topological polar surface area (TPSA) is 31.4 Å². The van der Waals surface area contributed by atoms with Crippen molar-refractivity contribution in [1.29, 1.82) is 0 Å². The third kappa shape index (κ3) is 6.69. The second kappa shape index (κ2) is 8.19. The Kier molecular flexibility index (Phi) is 6.86. The summed E-state index contributed by atoms with van der Waals surface area (Å²) in [7, 11) is -2.03. The van der Waals surface area contributed by atoms with Gasteiger partial charge in [-0.3, -0.25) is 4.98 Å². The zero-order valence-corrected chi connectivity index (χ0v) is 12.6. The van der Waals surface area contributed by atoms with Crippen molar-refractivity contribution in [2.75, 3.05) is 6.61 Å². The van der Waals surface area contributed by atoms with Crippen LogP contribution in [0, 0.1) is 0 Å². The van der Waals surface area contributed by atoms with Gasteiger partial charge in [-0.25, -0.2) is 0 Å². The average molecular weight is 265 g/mol. The molecule has 0 aliphatic heterocycles. The molecule has 3 nitrogen and oxygen atoms in total. The van der Waals surface area contributed by atoms with Gasteiger partial charge in [-0.2, -0.15) is 0 Å². The Balaban J connectivity index is 2.27. The van der Waals surface area contributed by atoms with E-state index in [-0.39, 0.29) is 0 Å². The molecule has 0 saturated heterocycles. The summed E-state index contributed by atoms with van der Waals surface area (Å²) in [5.41, 5.74) is 1.09. The van der Waals surface area contributed by atoms with E-state index in [0.29, 0.717) is 13.2 Å². The summed E-state index contributed by atoms with van der Waals surface area (Å²) in [5.74, 6) is 0. The Hall–Kier alpha value is -0.973. The van der Waals surface area contributed by atoms with Crippen LogP contribution >= 0.6 is 0 Å². The summed E-state index contributed by atoms with van der Waals surface area (Å²) >= 11 is 0. The largest absolute Gasteiger partial charge is 0.391 e. The predicted octanol–water partition coefficient (Wildman–Crippen LogP) is 3.67. The van der Waals surface area contributed by atoms with Gasteiger partial charge in [0.15, 0.2) is 0 Å². The highest BCUT2D eigenvalue weighted by Crippen LogP contribution is 2.10. The van der Waals surface area contributed by atoms with E-state index in [4.69, 9.17) is 8.85 Å². The third-order valence-corrected chi connectivity index (χ3v) is 4.16. The normalized spacial score (nSPS) is 12.2. The molecule has 0 bridgehead atoms. The molecule has 4 heteroatoms. The molecule has 0 fully saturated rings. The Morgan fingerprint density at radius 2 is 2.11 bits per heavy atom. The Morgan fingerprint density at radius 3 is 2.78 bits per heavy atom. The van der Waals surface area contributed by atoms with Gasteiger partial charge in [0.2, 0.25) is 0 Å². The van der Waals surface area contributed by atoms with Gasteiger partial charge >= 0.3 is 8.56 Å². The fraction of sp³-hybridized carbons (Fsp3) is 0.500. The van der Waals surface area contributed by atoms with Crippen LogP contribution in [0.15, 0.2) is 36.7 Å². The standard InChI is InChI=1S/C14H23NO2Si/c1-4-5-6-7-11-16-18(2,3)17-13-14-9-8-10-15-12-14/h6-10,12H,4-5,11,13H2,1-3H3/b7-6-. The van der Waals surface area contributed by atoms with Crippen LogP contribution in [0.3, 0.4) is 0 Å². The minimum absolute atomic E-state index is 0.575. The molecule has 0 saturated carbocycles. The van der Waals surface area contributed by atoms with Crippen LogP contribution in [0.25, 0.3) is 0 Å². The summed E-state index contributed by atoms with van der Waals surface area (Å²) in [4.78, 5) is 4.06. The van der Waals surface area contributed by atoms with Gasteiger partial charge in [-0.05, 0) is 31.1 Å². The molecule has 0 unspecified atom stereocenters. The maximum Gasteiger partial charge on any atom is 0.332 e. The second-order valence-corrected chi connectivity index (χ2v) is 8.00. The molecular formula is C14H23NO2Si. The molecule has 0 N–H and O–H groups in total. The van der Waals surface area contributed by atoms with E-state index < -0.39 is 8.56 Å². The molecule has 0 atom stereocenters. The van der Waals surface area contributed by atoms with Crippen LogP contribution in [-0.4, -0.2) is 20.2 Å². The van der Waals surface area contributed by atoms with Gasteiger partial charge in [-0.15, -0.1) is 0 Å². The highest BCUT2D eigenvalue weighted by Gasteiger charge is 2.23. The number of nitrogens with zero attached hydrogens (tertiary/aromatic N) is 1. The molecule has 0 spiro atoms. The minimum atomic E-state index is -2.03. The summed E-state index contributed by atoms with van der Waals surface area (Å²) in [6.45, 7) is 7.52. The zero-order chi connectivity index (χ0) is 13.3. The predicted molar refractivity (Wildman–Crippen MR) is 76.5 cm³/mol. The molecule has 1 aromatic rings. The lowest BCUT2D eigenvalue weighted by atomic mass is 10.3. The van der Waals surface area contributed by atoms with Gasteiger partial charge in [0, 0.05) is 12.4 Å². The SMILES string of the molecule is CCC/C=C\CO[Si](C)(C)OCc1cccnc1. The van der Waals surface area contributed by atoms with Gasteiger partial charge in [0.05, 0.1) is 13.2 Å². The van der Waals surface area contributed by atoms with Gasteiger partial charge < -0.3 is 8.85 Å². The van der Waals surface area contributed by atoms with Crippen LogP contribution in [-0.2, 0) is 15.5 Å². The molecule has 100 valence electrons. The van der Waals surface area contributed by atoms with E-state index in [2.05, 4.69) is 37.2 Å². The quantitative estimate of drug-likeness (QED) is 0.531. The van der Waals surface area contributed by atoms with Crippen molar-refractivity contribution in [3.63, 3.8) is 0 Å². The van der Waals surface area contributed by atoms with Crippen molar-refractivity contribution < 1.29 is 8.85 Å². The lowest BCUT2D eigenvalue weighted by Gasteiger charge is -2.22. The lowest BCUT2D eigenvalue weighted by molar-refractivity contribution is 0.186. The lowest BCUT2D eigenvalue weighted by Crippen LogP contribution is -2.34. The van der Waals surface area contributed by atoms with E-state index >= 15 is 0 Å². The van der Waals surface area contributed by atoms with Crippen LogP contribution in [0.2, 0.25) is 13.1 Å². The summed E-state index contributed by atoms with van der Waals surface area (Å²) in [6, 6.07) is 3.93. The highest BCUT2D eigenvalue weighted by molar-refractivity contribution is 6.64. The van der Waals surface area contributed by atoms with Crippen LogP contribution in [0.1, 0.15) is 25.3 Å². The minimum Gasteiger partial charge on any atom is -0.391 e. The molecule has 1 rings (SSSR count). The van der Waals surface area contributed by atoms with Crippen molar-refractivity contribution in [3.05, 3.63) is 42.2 Å². The average Bonchev–Trinajstić information content (AvgIpc) is 2.38. The number of aromatic nitrogens is 1. The number of rotatable bonds is 8. The molecule has 1 heterocycles. The van der Waals surface area contributed by atoms with Crippen LogP contribution in [0.4, 0.5) is 0 Å². The molecule has 0 aliphatic rings. The fourth-order valence-electron chi connectivity index (χ4n) is 1.38. The van der Waals surface area contributed by atoms with Crippen molar-refractivity contribution in [3.8, 4) is 0 Å². The van der Waals surface area contributed by atoms with Crippen molar-refractivity contribution >= 4 is 8.56 Å². The van der Waals surface area contributed by atoms with Gasteiger partial charge in [0.1, 0.15) is 0 Å². The van der Waals surface area contributed by atoms with E-state index in [1.165, 1.54) is 6.42 Å². The maximum atomic E-state index is 5.86. The number of hydrogen-bond donors (Lipinski definition) is 0. The van der Waals surface area contributed by atoms with E-state index in [0.717, 1.165) is 12.0 Å². The first-order valence-corrected chi connectivity index (χ1v) is 9.27. The van der Waals surface area contributed by atoms with Crippen LogP contribution < -0.4 is 0 Å². The first-order chi connectivity index (χ1) is 8.64. The Morgan fingerprint density at radius 1 is 1.28 bits per heavy atom. The van der Waals surface area contributed by atoms with E-state index in [9.17, 15) is 0 Å². The summed E-state index contributed by atoms with van der Waals surface area (Å²) in [5, 5.41) is 0. The first kappa shape index (κ1) is 15.1. The Bertz CT molecular complexity index is 352. The monoisotopic (exact) mass is 265 g/mol. The van der Waals surface area contributed by atoms with Crippen molar-refractivity contribution in [2.24, 2.45) is 0 Å². The smallest absolute Gasteiger partial charge is 0.332 e. The second-order valence-electron chi connectivity index (χ2n) is 4.62. The first-order valence-electron chi connectivity index (χ1n) is 6.46. The zero-order valence-electron chi connectivity index (χ0n) is 11.6. The van der Waals surface area contributed by atoms with Crippen molar-refractivity contribution in [2.45, 2.75) is 39.5 Å². The summed E-state index contributed by atoms with van der Waals surface area (Å²) < 4.78 is 11.7. The molecule has 18 heavy (non-hydrogen) atoms. The van der Waals surface area contributed by atoms with E-state index in [1.807, 2.05) is 18.3 Å². The van der Waals surface area contributed by atoms with Gasteiger partial charge in [-0.1, -0.05) is 31.6 Å². The third-order valence-electron chi connectivity index (χ3n) is 2.46. The fourth-order valence-corrected chi connectivity index (χ4v) is 2.48.